The number of rotatable bonds is 6. The first-order valence-electron chi connectivity index (χ1n) is 5.34. The third-order valence-electron chi connectivity index (χ3n) is 2.02. The molecule has 18 heavy (non-hydrogen) atoms. The molecule has 0 atom stereocenters. The van der Waals surface area contributed by atoms with Gasteiger partial charge < -0.3 is 13.5 Å². The molecular formula is C10H14F3O4P. The monoisotopic (exact) mass is 286 g/mol. The lowest BCUT2D eigenvalue weighted by Gasteiger charge is -2.17. The number of furan rings is 1. The number of halogens is 3. The first-order valence-corrected chi connectivity index (χ1v) is 7.07. The van der Waals surface area contributed by atoms with Gasteiger partial charge in [0.1, 0.15) is 0 Å². The van der Waals surface area contributed by atoms with E-state index in [1.165, 1.54) is 0 Å². The van der Waals surface area contributed by atoms with Gasteiger partial charge in [-0.15, -0.1) is 0 Å². The molecule has 0 fully saturated rings. The molecule has 1 aromatic heterocycles. The zero-order chi connectivity index (χ0) is 13.8. The minimum atomic E-state index is -4.62. The maximum atomic E-state index is 12.6. The van der Waals surface area contributed by atoms with Crippen LogP contribution in [0.1, 0.15) is 25.2 Å². The predicted octanol–water partition coefficient (Wildman–Crippen LogP) is 4.06. The maximum absolute atomic E-state index is 12.6. The van der Waals surface area contributed by atoms with Crippen molar-refractivity contribution in [3.63, 3.8) is 0 Å². The Morgan fingerprint density at radius 3 is 2.28 bits per heavy atom. The van der Waals surface area contributed by atoms with E-state index in [9.17, 15) is 17.7 Å². The average Bonchev–Trinajstić information content (AvgIpc) is 2.65. The van der Waals surface area contributed by atoms with Crippen LogP contribution < -0.4 is 0 Å². The third kappa shape index (κ3) is 3.86. The molecule has 0 saturated heterocycles. The summed E-state index contributed by atoms with van der Waals surface area (Å²) in [5.41, 5.74) is -0.229. The van der Waals surface area contributed by atoms with Gasteiger partial charge in [-0.3, -0.25) is 4.57 Å². The average molecular weight is 286 g/mol. The molecule has 0 amide bonds. The Morgan fingerprint density at radius 1 is 1.28 bits per heavy atom. The van der Waals surface area contributed by atoms with Crippen LogP contribution in [0.5, 0.6) is 0 Å². The summed E-state index contributed by atoms with van der Waals surface area (Å²) in [6, 6.07) is 1.12. The Balaban J connectivity index is 2.95. The van der Waals surface area contributed by atoms with Crippen LogP contribution in [0.25, 0.3) is 0 Å². The molecule has 104 valence electrons. The highest BCUT2D eigenvalue weighted by atomic mass is 31.2. The van der Waals surface area contributed by atoms with E-state index in [0.29, 0.717) is 0 Å². The first kappa shape index (κ1) is 15.3. The molecule has 0 spiro atoms. The molecule has 0 aromatic carbocycles. The summed E-state index contributed by atoms with van der Waals surface area (Å²) in [4.78, 5) is 0. The molecule has 4 nitrogen and oxygen atoms in total. The van der Waals surface area contributed by atoms with Gasteiger partial charge in [0, 0.05) is 5.56 Å². The molecule has 0 aliphatic heterocycles. The first-order chi connectivity index (χ1) is 8.32. The van der Waals surface area contributed by atoms with E-state index in [1.807, 2.05) is 0 Å². The third-order valence-corrected chi connectivity index (χ3v) is 4.05. The van der Waals surface area contributed by atoms with Gasteiger partial charge in [0.05, 0.1) is 25.6 Å². The molecule has 0 saturated carbocycles. The lowest BCUT2D eigenvalue weighted by Crippen LogP contribution is -2.08. The van der Waals surface area contributed by atoms with E-state index >= 15 is 0 Å². The van der Waals surface area contributed by atoms with Crippen LogP contribution in [0, 0.1) is 0 Å². The second-order valence-electron chi connectivity index (χ2n) is 3.38. The SMILES string of the molecule is CCOP(=O)(Cc1ccoc1C(F)(F)F)OCC. The molecule has 0 radical (unpaired) electrons. The van der Waals surface area contributed by atoms with Crippen molar-refractivity contribution in [2.45, 2.75) is 26.2 Å². The lowest BCUT2D eigenvalue weighted by atomic mass is 10.3. The minimum Gasteiger partial charge on any atom is -0.459 e. The molecule has 1 heterocycles. The normalized spacial score (nSPS) is 12.9. The van der Waals surface area contributed by atoms with E-state index in [2.05, 4.69) is 4.42 Å². The van der Waals surface area contributed by atoms with Gasteiger partial charge in [-0.05, 0) is 19.9 Å². The summed E-state index contributed by atoms with van der Waals surface area (Å²) in [6.45, 7) is 3.37. The fourth-order valence-electron chi connectivity index (χ4n) is 1.44. The van der Waals surface area contributed by atoms with E-state index in [0.717, 1.165) is 12.3 Å². The van der Waals surface area contributed by atoms with Gasteiger partial charge in [0.15, 0.2) is 0 Å². The van der Waals surface area contributed by atoms with E-state index < -0.39 is 25.7 Å². The highest BCUT2D eigenvalue weighted by Crippen LogP contribution is 2.52. The van der Waals surface area contributed by atoms with Gasteiger partial charge in [-0.1, -0.05) is 0 Å². The lowest BCUT2D eigenvalue weighted by molar-refractivity contribution is -0.153. The van der Waals surface area contributed by atoms with Crippen molar-refractivity contribution in [3.05, 3.63) is 23.7 Å². The molecule has 0 bridgehead atoms. The molecule has 0 aliphatic carbocycles. The van der Waals surface area contributed by atoms with Crippen molar-refractivity contribution in [1.82, 2.24) is 0 Å². The summed E-state index contributed by atoms with van der Waals surface area (Å²) in [5.74, 6) is -1.16. The number of hydrogen-bond donors (Lipinski definition) is 0. The molecule has 1 rings (SSSR count). The van der Waals surface area contributed by atoms with Crippen LogP contribution in [0.4, 0.5) is 13.2 Å². The Bertz CT molecular complexity index is 417. The van der Waals surface area contributed by atoms with Crippen molar-refractivity contribution in [2.24, 2.45) is 0 Å². The molecular weight excluding hydrogens is 272 g/mol. The van der Waals surface area contributed by atoms with Crippen molar-refractivity contribution in [1.29, 1.82) is 0 Å². The van der Waals surface area contributed by atoms with Crippen LogP contribution in [0.15, 0.2) is 16.7 Å². The predicted molar refractivity (Wildman–Crippen MR) is 58.3 cm³/mol. The standard InChI is InChI=1S/C10H14F3O4P/c1-3-16-18(14,17-4-2)7-8-5-6-15-9(8)10(11,12)13/h5-6H,3-4,7H2,1-2H3. The Morgan fingerprint density at radius 2 is 1.83 bits per heavy atom. The van der Waals surface area contributed by atoms with Crippen LogP contribution in [-0.4, -0.2) is 13.2 Å². The van der Waals surface area contributed by atoms with Gasteiger partial charge in [0.25, 0.3) is 0 Å². The minimum absolute atomic E-state index is 0.0937. The summed E-state index contributed by atoms with van der Waals surface area (Å²) in [5, 5.41) is 0. The van der Waals surface area contributed by atoms with Crippen LogP contribution in [0.2, 0.25) is 0 Å². The molecule has 0 N–H and O–H groups in total. The van der Waals surface area contributed by atoms with Crippen molar-refractivity contribution in [3.8, 4) is 0 Å². The number of alkyl halides is 3. The van der Waals surface area contributed by atoms with Crippen LogP contribution in [-0.2, 0) is 26.0 Å². The summed E-state index contributed by atoms with van der Waals surface area (Å²) in [6.07, 6.45) is -4.18. The summed E-state index contributed by atoms with van der Waals surface area (Å²) >= 11 is 0. The van der Waals surface area contributed by atoms with Gasteiger partial charge in [-0.25, -0.2) is 0 Å². The molecule has 0 unspecified atom stereocenters. The van der Waals surface area contributed by atoms with Gasteiger partial charge >= 0.3 is 13.8 Å². The summed E-state index contributed by atoms with van der Waals surface area (Å²) in [7, 11) is -3.56. The van der Waals surface area contributed by atoms with Gasteiger partial charge in [-0.2, -0.15) is 13.2 Å². The highest BCUT2D eigenvalue weighted by Gasteiger charge is 2.39. The quantitative estimate of drug-likeness (QED) is 0.740. The summed E-state index contributed by atoms with van der Waals surface area (Å²) < 4.78 is 64.0. The Labute approximate surface area is 103 Å². The largest absolute Gasteiger partial charge is 0.459 e. The molecule has 1 aromatic rings. The zero-order valence-electron chi connectivity index (χ0n) is 9.99. The highest BCUT2D eigenvalue weighted by molar-refractivity contribution is 7.53. The van der Waals surface area contributed by atoms with E-state index in [1.54, 1.807) is 13.8 Å². The van der Waals surface area contributed by atoms with Crippen molar-refractivity contribution >= 4 is 7.60 Å². The smallest absolute Gasteiger partial charge is 0.449 e. The molecule has 8 heteroatoms. The second-order valence-corrected chi connectivity index (χ2v) is 5.43. The van der Waals surface area contributed by atoms with Gasteiger partial charge in [0.2, 0.25) is 5.76 Å². The topological polar surface area (TPSA) is 48.7 Å². The Hall–Kier alpha value is -0.780. The van der Waals surface area contributed by atoms with Crippen LogP contribution >= 0.6 is 7.60 Å². The van der Waals surface area contributed by atoms with Crippen molar-refractivity contribution in [2.75, 3.05) is 13.2 Å². The fraction of sp³-hybridized carbons (Fsp3) is 0.600. The maximum Gasteiger partial charge on any atom is 0.449 e. The molecule has 0 aliphatic rings. The second kappa shape index (κ2) is 5.91. The zero-order valence-corrected chi connectivity index (χ0v) is 10.9. The number of hydrogen-bond acceptors (Lipinski definition) is 4. The van der Waals surface area contributed by atoms with E-state index in [-0.39, 0.29) is 18.8 Å². The fourth-order valence-corrected chi connectivity index (χ4v) is 3.15. The Kier molecular flexibility index (Phi) is 5.01. The van der Waals surface area contributed by atoms with E-state index in [4.69, 9.17) is 9.05 Å². The van der Waals surface area contributed by atoms with Crippen LogP contribution in [0.3, 0.4) is 0 Å². The van der Waals surface area contributed by atoms with Crippen molar-refractivity contribution < 1.29 is 31.2 Å².